The highest BCUT2D eigenvalue weighted by Gasteiger charge is 2.01. The largest absolute Gasteiger partial charge is 0.266 e. The molecule has 0 aliphatic heterocycles. The lowest BCUT2D eigenvalue weighted by Gasteiger charge is -2.05. The Hall–Kier alpha value is -2.22. The predicted molar refractivity (Wildman–Crippen MR) is 103 cm³/mol. The van der Waals surface area contributed by atoms with Gasteiger partial charge in [-0.2, -0.15) is 0 Å². The highest BCUT2D eigenvalue weighted by Crippen LogP contribution is 2.15. The van der Waals surface area contributed by atoms with Gasteiger partial charge in [0, 0.05) is 5.71 Å². The van der Waals surface area contributed by atoms with Gasteiger partial charge in [0.05, 0.1) is 6.04 Å². The van der Waals surface area contributed by atoms with Gasteiger partial charge in [0.2, 0.25) is 0 Å². The SMILES string of the molecule is CCC.CCC(=NC=NC(C)c1ccccc1)c1ccccc1. The monoisotopic (exact) mass is 308 g/mol. The molecule has 122 valence electrons. The van der Waals surface area contributed by atoms with Gasteiger partial charge in [-0.1, -0.05) is 87.9 Å². The average Bonchev–Trinajstić information content (AvgIpc) is 2.61. The van der Waals surface area contributed by atoms with Gasteiger partial charge < -0.3 is 0 Å². The Morgan fingerprint density at radius 2 is 1.43 bits per heavy atom. The van der Waals surface area contributed by atoms with Crippen molar-refractivity contribution in [2.24, 2.45) is 9.98 Å². The molecule has 0 aliphatic carbocycles. The standard InChI is InChI=1S/C18H20N2.C3H8/c1-3-18(17-12-8-5-9-13-17)20-14-19-15(2)16-10-6-4-7-11-16;1-3-2/h4-15H,3H2,1-2H3;3H2,1-2H3. The van der Waals surface area contributed by atoms with Crippen LogP contribution in [0.1, 0.15) is 57.7 Å². The Labute approximate surface area is 141 Å². The van der Waals surface area contributed by atoms with Crippen LogP contribution < -0.4 is 0 Å². The van der Waals surface area contributed by atoms with Crippen molar-refractivity contribution in [3.63, 3.8) is 0 Å². The Balaban J connectivity index is 0.000000816. The van der Waals surface area contributed by atoms with Gasteiger partial charge in [0.15, 0.2) is 0 Å². The maximum atomic E-state index is 4.50. The summed E-state index contributed by atoms with van der Waals surface area (Å²) < 4.78 is 0. The Bertz CT molecular complexity index is 586. The van der Waals surface area contributed by atoms with Crippen LogP contribution in [0.15, 0.2) is 70.6 Å². The van der Waals surface area contributed by atoms with E-state index in [2.05, 4.69) is 61.9 Å². The van der Waals surface area contributed by atoms with E-state index in [0.717, 1.165) is 17.7 Å². The summed E-state index contributed by atoms with van der Waals surface area (Å²) in [5, 5.41) is 0. The molecule has 0 spiro atoms. The van der Waals surface area contributed by atoms with Crippen LogP contribution in [0.5, 0.6) is 0 Å². The zero-order valence-corrected chi connectivity index (χ0v) is 14.7. The molecule has 0 radical (unpaired) electrons. The van der Waals surface area contributed by atoms with Crippen molar-refractivity contribution in [1.29, 1.82) is 0 Å². The number of hydrogen-bond acceptors (Lipinski definition) is 1. The predicted octanol–water partition coefficient (Wildman–Crippen LogP) is 6.09. The van der Waals surface area contributed by atoms with Crippen LogP contribution in [-0.2, 0) is 0 Å². The molecular formula is C21H28N2. The summed E-state index contributed by atoms with van der Waals surface area (Å²) in [5.74, 6) is 0. The zero-order chi connectivity index (χ0) is 16.9. The van der Waals surface area contributed by atoms with Crippen LogP contribution in [0.3, 0.4) is 0 Å². The van der Waals surface area contributed by atoms with Gasteiger partial charge in [-0.25, -0.2) is 4.99 Å². The van der Waals surface area contributed by atoms with Crippen LogP contribution in [0.25, 0.3) is 0 Å². The van der Waals surface area contributed by atoms with Crippen molar-refractivity contribution in [3.05, 3.63) is 71.8 Å². The number of hydrogen-bond donors (Lipinski definition) is 0. The first kappa shape index (κ1) is 18.8. The fourth-order valence-corrected chi connectivity index (χ4v) is 2.02. The van der Waals surface area contributed by atoms with Gasteiger partial charge in [-0.05, 0) is 24.5 Å². The summed E-state index contributed by atoms with van der Waals surface area (Å²) in [7, 11) is 0. The molecule has 2 nitrogen and oxygen atoms in total. The molecule has 2 rings (SSSR count). The second-order valence-electron chi connectivity index (χ2n) is 5.35. The van der Waals surface area contributed by atoms with E-state index >= 15 is 0 Å². The van der Waals surface area contributed by atoms with Crippen LogP contribution in [0.4, 0.5) is 0 Å². The van der Waals surface area contributed by atoms with Crippen molar-refractivity contribution in [1.82, 2.24) is 0 Å². The Morgan fingerprint density at radius 3 is 1.96 bits per heavy atom. The van der Waals surface area contributed by atoms with E-state index in [9.17, 15) is 0 Å². The zero-order valence-electron chi connectivity index (χ0n) is 14.7. The van der Waals surface area contributed by atoms with Gasteiger partial charge >= 0.3 is 0 Å². The number of nitrogens with zero attached hydrogens (tertiary/aromatic N) is 2. The quantitative estimate of drug-likeness (QED) is 0.471. The van der Waals surface area contributed by atoms with E-state index in [1.807, 2.05) is 36.4 Å². The number of benzene rings is 2. The summed E-state index contributed by atoms with van der Waals surface area (Å²) >= 11 is 0. The lowest BCUT2D eigenvalue weighted by atomic mass is 10.1. The molecule has 2 aromatic carbocycles. The van der Waals surface area contributed by atoms with Crippen molar-refractivity contribution in [2.75, 3.05) is 0 Å². The highest BCUT2D eigenvalue weighted by molar-refractivity contribution is 6.03. The smallest absolute Gasteiger partial charge is 0.110 e. The molecule has 2 heteroatoms. The van der Waals surface area contributed by atoms with Gasteiger partial charge in [0.1, 0.15) is 6.34 Å². The third kappa shape index (κ3) is 7.05. The number of aliphatic imine (C=N–C) groups is 2. The molecule has 2 aromatic rings. The first-order chi connectivity index (χ1) is 11.2. The highest BCUT2D eigenvalue weighted by atomic mass is 14.9. The second-order valence-corrected chi connectivity index (χ2v) is 5.35. The number of rotatable bonds is 5. The van der Waals surface area contributed by atoms with Gasteiger partial charge in [0.25, 0.3) is 0 Å². The lowest BCUT2D eigenvalue weighted by molar-refractivity contribution is 0.823. The third-order valence-electron chi connectivity index (χ3n) is 3.23. The molecule has 0 bridgehead atoms. The van der Waals surface area contributed by atoms with E-state index in [0.29, 0.717) is 0 Å². The summed E-state index contributed by atoms with van der Waals surface area (Å²) in [6.07, 6.45) is 3.83. The molecule has 0 saturated heterocycles. The average molecular weight is 308 g/mol. The van der Waals surface area contributed by atoms with Crippen LogP contribution in [0, 0.1) is 0 Å². The fourth-order valence-electron chi connectivity index (χ4n) is 2.02. The summed E-state index contributed by atoms with van der Waals surface area (Å²) in [4.78, 5) is 9.00. The van der Waals surface area contributed by atoms with E-state index in [-0.39, 0.29) is 6.04 Å². The fraction of sp³-hybridized carbons (Fsp3) is 0.333. The summed E-state index contributed by atoms with van der Waals surface area (Å²) in [6.45, 7) is 8.44. The lowest BCUT2D eigenvalue weighted by Crippen LogP contribution is -1.99. The molecule has 1 atom stereocenters. The molecule has 0 N–H and O–H groups in total. The minimum absolute atomic E-state index is 0.133. The minimum Gasteiger partial charge on any atom is -0.266 e. The molecule has 0 aliphatic rings. The molecule has 0 fully saturated rings. The van der Waals surface area contributed by atoms with Crippen molar-refractivity contribution in [3.8, 4) is 0 Å². The first-order valence-electron chi connectivity index (χ1n) is 8.41. The molecule has 0 heterocycles. The summed E-state index contributed by atoms with van der Waals surface area (Å²) in [6, 6.07) is 20.6. The van der Waals surface area contributed by atoms with Crippen molar-refractivity contribution < 1.29 is 0 Å². The third-order valence-corrected chi connectivity index (χ3v) is 3.23. The minimum atomic E-state index is 0.133. The molecule has 1 unspecified atom stereocenters. The Morgan fingerprint density at radius 1 is 0.913 bits per heavy atom. The molecule has 0 aromatic heterocycles. The molecular weight excluding hydrogens is 280 g/mol. The van der Waals surface area contributed by atoms with Crippen molar-refractivity contribution >= 4 is 12.1 Å². The van der Waals surface area contributed by atoms with Crippen molar-refractivity contribution in [2.45, 2.75) is 46.6 Å². The topological polar surface area (TPSA) is 24.7 Å². The van der Waals surface area contributed by atoms with E-state index < -0.39 is 0 Å². The van der Waals surface area contributed by atoms with Crippen LogP contribution >= 0.6 is 0 Å². The van der Waals surface area contributed by atoms with E-state index in [4.69, 9.17) is 0 Å². The maximum Gasteiger partial charge on any atom is 0.110 e. The first-order valence-corrected chi connectivity index (χ1v) is 8.41. The maximum absolute atomic E-state index is 4.50. The normalized spacial score (nSPS) is 12.6. The van der Waals surface area contributed by atoms with Crippen LogP contribution in [-0.4, -0.2) is 12.1 Å². The summed E-state index contributed by atoms with van der Waals surface area (Å²) in [5.41, 5.74) is 3.43. The van der Waals surface area contributed by atoms with Gasteiger partial charge in [-0.3, -0.25) is 4.99 Å². The van der Waals surface area contributed by atoms with Crippen LogP contribution in [0.2, 0.25) is 0 Å². The second kappa shape index (κ2) is 11.4. The Kier molecular flexibility index (Phi) is 9.30. The van der Waals surface area contributed by atoms with E-state index in [1.165, 1.54) is 12.0 Å². The van der Waals surface area contributed by atoms with Gasteiger partial charge in [-0.15, -0.1) is 0 Å². The molecule has 0 saturated carbocycles. The molecule has 23 heavy (non-hydrogen) atoms. The van der Waals surface area contributed by atoms with E-state index in [1.54, 1.807) is 6.34 Å². The molecule has 0 amide bonds.